The number of aromatic nitrogens is 1. The van der Waals surface area contributed by atoms with Crippen molar-refractivity contribution >= 4 is 17.6 Å². The molecule has 0 unspecified atom stereocenters. The number of aryl methyl sites for hydroxylation is 1. The zero-order valence-corrected chi connectivity index (χ0v) is 15.0. The topological polar surface area (TPSA) is 78.7 Å². The van der Waals surface area contributed by atoms with Crippen LogP contribution < -0.4 is 5.32 Å². The van der Waals surface area contributed by atoms with Crippen LogP contribution in [-0.2, 0) is 9.59 Å². The van der Waals surface area contributed by atoms with E-state index in [0.29, 0.717) is 18.1 Å². The van der Waals surface area contributed by atoms with Gasteiger partial charge in [-0.1, -0.05) is 18.0 Å². The minimum atomic E-state index is -0.223. The lowest BCUT2D eigenvalue weighted by Crippen LogP contribution is -2.47. The molecule has 1 saturated heterocycles. The average Bonchev–Trinajstić information content (AvgIpc) is 2.95. The van der Waals surface area contributed by atoms with Gasteiger partial charge in [-0.25, -0.2) is 0 Å². The molecule has 138 valence electrons. The third-order valence-corrected chi connectivity index (χ3v) is 5.13. The lowest BCUT2D eigenvalue weighted by Gasteiger charge is -2.33. The van der Waals surface area contributed by atoms with Crippen LogP contribution in [0.3, 0.4) is 0 Å². The number of amides is 2. The van der Waals surface area contributed by atoms with Gasteiger partial charge in [0.05, 0.1) is 6.54 Å². The molecular weight excluding hydrogens is 320 g/mol. The quantitative estimate of drug-likeness (QED) is 0.816. The first-order chi connectivity index (χ1) is 12.1. The molecule has 0 aromatic carbocycles. The van der Waals surface area contributed by atoms with Gasteiger partial charge in [-0.3, -0.25) is 9.59 Å². The molecule has 1 aliphatic carbocycles. The Morgan fingerprint density at radius 3 is 2.64 bits per heavy atom. The van der Waals surface area contributed by atoms with Crippen molar-refractivity contribution in [2.75, 3.05) is 38.0 Å². The summed E-state index contributed by atoms with van der Waals surface area (Å²) >= 11 is 0. The molecule has 1 aliphatic heterocycles. The van der Waals surface area contributed by atoms with Gasteiger partial charge in [0.25, 0.3) is 0 Å². The van der Waals surface area contributed by atoms with E-state index in [9.17, 15) is 9.59 Å². The molecule has 7 heteroatoms. The van der Waals surface area contributed by atoms with Crippen molar-refractivity contribution in [1.82, 2.24) is 15.0 Å². The third-order valence-electron chi connectivity index (χ3n) is 5.13. The van der Waals surface area contributed by atoms with Gasteiger partial charge in [-0.05, 0) is 45.7 Å². The molecule has 1 aromatic heterocycles. The van der Waals surface area contributed by atoms with Crippen molar-refractivity contribution in [2.45, 2.75) is 45.4 Å². The van der Waals surface area contributed by atoms with Crippen molar-refractivity contribution < 1.29 is 14.1 Å². The number of nitrogens with zero attached hydrogens (tertiary/aromatic N) is 3. The van der Waals surface area contributed by atoms with Gasteiger partial charge in [0.2, 0.25) is 11.8 Å². The van der Waals surface area contributed by atoms with Crippen LogP contribution in [-0.4, -0.2) is 59.5 Å². The fraction of sp³-hybridized carbons (Fsp3) is 0.722. The first-order valence-corrected chi connectivity index (χ1v) is 9.36. The van der Waals surface area contributed by atoms with Crippen molar-refractivity contribution in [3.63, 3.8) is 0 Å². The molecule has 1 saturated carbocycles. The molecule has 3 rings (SSSR count). The SMILES string of the molecule is Cc1cc(NC(=O)CN(CCN2CCCCC2)C(=O)C2CCC2)no1. The first kappa shape index (κ1) is 17.9. The largest absolute Gasteiger partial charge is 0.360 e. The van der Waals surface area contributed by atoms with Crippen LogP contribution in [0.2, 0.25) is 0 Å². The normalized spacial score (nSPS) is 18.6. The average molecular weight is 348 g/mol. The van der Waals surface area contributed by atoms with Crippen molar-refractivity contribution in [2.24, 2.45) is 5.92 Å². The molecule has 0 radical (unpaired) electrons. The molecule has 0 spiro atoms. The fourth-order valence-corrected chi connectivity index (χ4v) is 3.41. The van der Waals surface area contributed by atoms with E-state index in [1.54, 1.807) is 17.9 Å². The Kier molecular flexibility index (Phi) is 6.07. The number of piperidine rings is 1. The van der Waals surface area contributed by atoms with Gasteiger partial charge < -0.3 is 19.6 Å². The number of anilines is 1. The second-order valence-electron chi connectivity index (χ2n) is 7.16. The first-order valence-electron chi connectivity index (χ1n) is 9.36. The van der Waals surface area contributed by atoms with E-state index < -0.39 is 0 Å². The van der Waals surface area contributed by atoms with Gasteiger partial charge in [-0.2, -0.15) is 0 Å². The summed E-state index contributed by atoms with van der Waals surface area (Å²) in [4.78, 5) is 29.1. The monoisotopic (exact) mass is 348 g/mol. The maximum atomic E-state index is 12.7. The van der Waals surface area contributed by atoms with Gasteiger partial charge in [0.15, 0.2) is 5.82 Å². The van der Waals surface area contributed by atoms with Crippen molar-refractivity contribution in [3.8, 4) is 0 Å². The number of hydrogen-bond donors (Lipinski definition) is 1. The smallest absolute Gasteiger partial charge is 0.245 e. The number of hydrogen-bond acceptors (Lipinski definition) is 5. The van der Waals surface area contributed by atoms with E-state index in [1.807, 2.05) is 0 Å². The van der Waals surface area contributed by atoms with Crippen LogP contribution in [0.15, 0.2) is 10.6 Å². The molecule has 0 atom stereocenters. The van der Waals surface area contributed by atoms with Gasteiger partial charge in [0.1, 0.15) is 5.76 Å². The van der Waals surface area contributed by atoms with Crippen LogP contribution in [0.1, 0.15) is 44.3 Å². The Morgan fingerprint density at radius 1 is 1.28 bits per heavy atom. The number of rotatable bonds is 7. The number of carbonyl (C=O) groups is 2. The molecule has 0 bridgehead atoms. The summed E-state index contributed by atoms with van der Waals surface area (Å²) in [6.45, 7) is 5.49. The van der Waals surface area contributed by atoms with Crippen molar-refractivity contribution in [3.05, 3.63) is 11.8 Å². The lowest BCUT2D eigenvalue weighted by molar-refractivity contribution is -0.141. The zero-order valence-electron chi connectivity index (χ0n) is 15.0. The summed E-state index contributed by atoms with van der Waals surface area (Å²) in [5.41, 5.74) is 0. The second-order valence-corrected chi connectivity index (χ2v) is 7.16. The standard InChI is InChI=1S/C18H28N4O3/c1-14-12-16(20-25-14)19-17(23)13-22(18(24)15-6-5-7-15)11-10-21-8-3-2-4-9-21/h12,15H,2-11,13H2,1H3,(H,19,20,23). The fourth-order valence-electron chi connectivity index (χ4n) is 3.41. The molecule has 1 aromatic rings. The van der Waals surface area contributed by atoms with E-state index in [-0.39, 0.29) is 24.3 Å². The number of nitrogens with one attached hydrogen (secondary N) is 1. The molecule has 1 N–H and O–H groups in total. The van der Waals surface area contributed by atoms with Crippen molar-refractivity contribution in [1.29, 1.82) is 0 Å². The predicted octanol–water partition coefficient (Wildman–Crippen LogP) is 2.04. The lowest BCUT2D eigenvalue weighted by atomic mass is 9.84. The number of carbonyl (C=O) groups excluding carboxylic acids is 2. The Bertz CT molecular complexity index is 591. The molecular formula is C18H28N4O3. The highest BCUT2D eigenvalue weighted by molar-refractivity contribution is 5.94. The summed E-state index contributed by atoms with van der Waals surface area (Å²) in [7, 11) is 0. The van der Waals surface area contributed by atoms with Gasteiger partial charge in [0, 0.05) is 25.1 Å². The highest BCUT2D eigenvalue weighted by atomic mass is 16.5. The molecule has 2 amide bonds. The van der Waals surface area contributed by atoms with Gasteiger partial charge in [-0.15, -0.1) is 0 Å². The summed E-state index contributed by atoms with van der Waals surface area (Å²) in [5.74, 6) is 1.04. The van der Waals surface area contributed by atoms with Crippen LogP contribution in [0.5, 0.6) is 0 Å². The van der Waals surface area contributed by atoms with Gasteiger partial charge >= 0.3 is 0 Å². The van der Waals surface area contributed by atoms with E-state index in [1.165, 1.54) is 19.3 Å². The van der Waals surface area contributed by atoms with Crippen LogP contribution in [0, 0.1) is 12.8 Å². The molecule has 2 heterocycles. The predicted molar refractivity (Wildman–Crippen MR) is 94.1 cm³/mol. The highest BCUT2D eigenvalue weighted by Crippen LogP contribution is 2.28. The van der Waals surface area contributed by atoms with E-state index in [0.717, 1.165) is 38.9 Å². The molecule has 7 nitrogen and oxygen atoms in total. The maximum absolute atomic E-state index is 12.7. The number of likely N-dealkylation sites (tertiary alicyclic amines) is 1. The second kappa shape index (κ2) is 8.47. The Hall–Kier alpha value is -1.89. The van der Waals surface area contributed by atoms with Crippen LogP contribution >= 0.6 is 0 Å². The zero-order chi connectivity index (χ0) is 17.6. The minimum absolute atomic E-state index is 0.0785. The van der Waals surface area contributed by atoms with E-state index in [2.05, 4.69) is 15.4 Å². The summed E-state index contributed by atoms with van der Waals surface area (Å²) < 4.78 is 4.96. The Balaban J connectivity index is 1.54. The third kappa shape index (κ3) is 5.04. The molecule has 2 aliphatic rings. The van der Waals surface area contributed by atoms with Crippen LogP contribution in [0.25, 0.3) is 0 Å². The summed E-state index contributed by atoms with van der Waals surface area (Å²) in [6, 6.07) is 1.67. The minimum Gasteiger partial charge on any atom is -0.360 e. The van der Waals surface area contributed by atoms with Crippen LogP contribution in [0.4, 0.5) is 5.82 Å². The Morgan fingerprint density at radius 2 is 2.04 bits per heavy atom. The molecule has 25 heavy (non-hydrogen) atoms. The Labute approximate surface area is 148 Å². The molecule has 2 fully saturated rings. The summed E-state index contributed by atoms with van der Waals surface area (Å²) in [5, 5.41) is 6.48. The van der Waals surface area contributed by atoms with E-state index in [4.69, 9.17) is 4.52 Å². The van der Waals surface area contributed by atoms with E-state index >= 15 is 0 Å². The summed E-state index contributed by atoms with van der Waals surface area (Å²) in [6.07, 6.45) is 6.75. The maximum Gasteiger partial charge on any atom is 0.245 e. The highest BCUT2D eigenvalue weighted by Gasteiger charge is 2.30.